The third-order valence-electron chi connectivity index (χ3n) is 2.36. The maximum atomic E-state index is 11.7. The van der Waals surface area contributed by atoms with Gasteiger partial charge in [0.15, 0.2) is 0 Å². The van der Waals surface area contributed by atoms with E-state index in [1.807, 2.05) is 0 Å². The number of carboxylic acid groups (broad SMARTS) is 1. The maximum Gasteiger partial charge on any atom is 0.311 e. The molecule has 1 atom stereocenters. The first-order valence-electron chi connectivity index (χ1n) is 5.89. The van der Waals surface area contributed by atoms with Crippen LogP contribution in [0.25, 0.3) is 0 Å². The van der Waals surface area contributed by atoms with Gasteiger partial charge in [-0.3, -0.25) is 9.59 Å². The van der Waals surface area contributed by atoms with Gasteiger partial charge < -0.3 is 9.84 Å². The normalized spacial score (nSPS) is 12.8. The second kappa shape index (κ2) is 6.19. The van der Waals surface area contributed by atoms with Gasteiger partial charge >= 0.3 is 11.9 Å². The fourth-order valence-corrected chi connectivity index (χ4v) is 1.86. The van der Waals surface area contributed by atoms with Gasteiger partial charge in [-0.2, -0.15) is 0 Å². The SMILES string of the molecule is CC(C)(C)OC(=O)CC(C(=O)O)c1ccc(Br)cc1. The van der Waals surface area contributed by atoms with Crippen molar-refractivity contribution in [1.82, 2.24) is 0 Å². The molecular formula is C14H17BrO4. The van der Waals surface area contributed by atoms with Crippen molar-refractivity contribution < 1.29 is 19.4 Å². The molecule has 5 heteroatoms. The smallest absolute Gasteiger partial charge is 0.311 e. The van der Waals surface area contributed by atoms with E-state index in [0.29, 0.717) is 5.56 Å². The Hall–Kier alpha value is -1.36. The molecule has 1 unspecified atom stereocenters. The second-order valence-electron chi connectivity index (χ2n) is 5.23. The van der Waals surface area contributed by atoms with Crippen molar-refractivity contribution in [2.24, 2.45) is 0 Å². The third-order valence-corrected chi connectivity index (χ3v) is 2.89. The highest BCUT2D eigenvalue weighted by Gasteiger charge is 2.26. The molecule has 104 valence electrons. The van der Waals surface area contributed by atoms with Crippen LogP contribution < -0.4 is 0 Å². The molecule has 1 aromatic rings. The summed E-state index contributed by atoms with van der Waals surface area (Å²) in [4.78, 5) is 23.0. The zero-order valence-electron chi connectivity index (χ0n) is 11.1. The Bertz CT molecular complexity index is 459. The summed E-state index contributed by atoms with van der Waals surface area (Å²) in [5, 5.41) is 9.22. The van der Waals surface area contributed by atoms with Crippen LogP contribution in [-0.4, -0.2) is 22.6 Å². The molecule has 4 nitrogen and oxygen atoms in total. The number of benzene rings is 1. The molecule has 0 fully saturated rings. The van der Waals surface area contributed by atoms with Gasteiger partial charge in [0, 0.05) is 4.47 Å². The van der Waals surface area contributed by atoms with Crippen molar-refractivity contribution in [2.75, 3.05) is 0 Å². The van der Waals surface area contributed by atoms with Gasteiger partial charge in [-0.15, -0.1) is 0 Å². The summed E-state index contributed by atoms with van der Waals surface area (Å²) in [5.74, 6) is -2.43. The average molecular weight is 329 g/mol. The van der Waals surface area contributed by atoms with Gasteiger partial charge in [0.2, 0.25) is 0 Å². The lowest BCUT2D eigenvalue weighted by molar-refractivity contribution is -0.158. The van der Waals surface area contributed by atoms with Crippen LogP contribution in [0.4, 0.5) is 0 Å². The van der Waals surface area contributed by atoms with Crippen molar-refractivity contribution >= 4 is 27.9 Å². The Morgan fingerprint density at radius 3 is 2.21 bits per heavy atom. The molecule has 0 spiro atoms. The highest BCUT2D eigenvalue weighted by molar-refractivity contribution is 9.10. The number of carbonyl (C=O) groups is 2. The number of hydrogen-bond acceptors (Lipinski definition) is 3. The van der Waals surface area contributed by atoms with Crippen molar-refractivity contribution in [3.63, 3.8) is 0 Å². The van der Waals surface area contributed by atoms with Crippen LogP contribution in [-0.2, 0) is 14.3 Å². The zero-order chi connectivity index (χ0) is 14.6. The Kier molecular flexibility index (Phi) is 5.11. The highest BCUT2D eigenvalue weighted by atomic mass is 79.9. The number of esters is 1. The number of aliphatic carboxylic acids is 1. The van der Waals surface area contributed by atoms with E-state index in [9.17, 15) is 14.7 Å². The number of hydrogen-bond donors (Lipinski definition) is 1. The van der Waals surface area contributed by atoms with Crippen LogP contribution >= 0.6 is 15.9 Å². The van der Waals surface area contributed by atoms with Gasteiger partial charge in [-0.05, 0) is 38.5 Å². The predicted octanol–water partition coefficient (Wildman–Crippen LogP) is 3.35. The van der Waals surface area contributed by atoms with E-state index < -0.39 is 23.5 Å². The fraction of sp³-hybridized carbons (Fsp3) is 0.429. The molecule has 0 saturated heterocycles. The van der Waals surface area contributed by atoms with Crippen molar-refractivity contribution in [3.05, 3.63) is 34.3 Å². The summed E-state index contributed by atoms with van der Waals surface area (Å²) in [6.07, 6.45) is -0.172. The first kappa shape index (κ1) is 15.7. The van der Waals surface area contributed by atoms with Crippen LogP contribution in [0.5, 0.6) is 0 Å². The van der Waals surface area contributed by atoms with E-state index in [0.717, 1.165) is 4.47 Å². The molecule has 1 aromatic carbocycles. The third kappa shape index (κ3) is 5.42. The van der Waals surface area contributed by atoms with E-state index in [1.165, 1.54) is 0 Å². The molecule has 0 aromatic heterocycles. The van der Waals surface area contributed by atoms with E-state index in [4.69, 9.17) is 4.74 Å². The minimum atomic E-state index is -1.03. The monoisotopic (exact) mass is 328 g/mol. The van der Waals surface area contributed by atoms with Gasteiger partial charge in [0.1, 0.15) is 5.60 Å². The van der Waals surface area contributed by atoms with Crippen LogP contribution in [0.1, 0.15) is 38.7 Å². The molecule has 0 saturated carbocycles. The fourth-order valence-electron chi connectivity index (χ4n) is 1.59. The average Bonchev–Trinajstić information content (AvgIpc) is 2.24. The Morgan fingerprint density at radius 1 is 1.26 bits per heavy atom. The molecule has 1 rings (SSSR count). The zero-order valence-corrected chi connectivity index (χ0v) is 12.7. The molecule has 0 aliphatic rings. The van der Waals surface area contributed by atoms with E-state index in [-0.39, 0.29) is 6.42 Å². The first-order chi connectivity index (χ1) is 8.69. The molecule has 0 bridgehead atoms. The van der Waals surface area contributed by atoms with Gasteiger partial charge in [0.05, 0.1) is 12.3 Å². The highest BCUT2D eigenvalue weighted by Crippen LogP contribution is 2.23. The number of carboxylic acids is 1. The molecule has 1 N–H and O–H groups in total. The minimum Gasteiger partial charge on any atom is -0.481 e. The Morgan fingerprint density at radius 2 is 1.79 bits per heavy atom. The van der Waals surface area contributed by atoms with E-state index in [2.05, 4.69) is 15.9 Å². The van der Waals surface area contributed by atoms with Crippen molar-refractivity contribution in [2.45, 2.75) is 38.7 Å². The summed E-state index contributed by atoms with van der Waals surface area (Å²) in [6.45, 7) is 5.25. The van der Waals surface area contributed by atoms with E-state index in [1.54, 1.807) is 45.0 Å². The van der Waals surface area contributed by atoms with Crippen molar-refractivity contribution in [3.8, 4) is 0 Å². The number of carbonyl (C=O) groups excluding carboxylic acids is 1. The second-order valence-corrected chi connectivity index (χ2v) is 6.15. The molecule has 0 aliphatic heterocycles. The number of rotatable bonds is 4. The summed E-state index contributed by atoms with van der Waals surface area (Å²) >= 11 is 3.28. The van der Waals surface area contributed by atoms with E-state index >= 15 is 0 Å². The van der Waals surface area contributed by atoms with Gasteiger partial charge in [-0.1, -0.05) is 28.1 Å². The Labute approximate surface area is 120 Å². The van der Waals surface area contributed by atoms with Gasteiger partial charge in [0.25, 0.3) is 0 Å². The number of halogens is 1. The standard InChI is InChI=1S/C14H17BrO4/c1-14(2,3)19-12(16)8-11(13(17)18)9-4-6-10(15)7-5-9/h4-7,11H,8H2,1-3H3,(H,17,18). The van der Waals surface area contributed by atoms with Crippen LogP contribution in [0.15, 0.2) is 28.7 Å². The molecule has 19 heavy (non-hydrogen) atoms. The van der Waals surface area contributed by atoms with Crippen LogP contribution in [0, 0.1) is 0 Å². The first-order valence-corrected chi connectivity index (χ1v) is 6.68. The molecule has 0 radical (unpaired) electrons. The predicted molar refractivity (Wildman–Crippen MR) is 75.0 cm³/mol. The summed E-state index contributed by atoms with van der Waals surface area (Å²) in [5.41, 5.74) is -0.0265. The molecule has 0 heterocycles. The van der Waals surface area contributed by atoms with Crippen LogP contribution in [0.2, 0.25) is 0 Å². The van der Waals surface area contributed by atoms with Gasteiger partial charge in [-0.25, -0.2) is 0 Å². The van der Waals surface area contributed by atoms with Crippen LogP contribution in [0.3, 0.4) is 0 Å². The molecular weight excluding hydrogens is 312 g/mol. The lowest BCUT2D eigenvalue weighted by Crippen LogP contribution is -2.26. The largest absolute Gasteiger partial charge is 0.481 e. The maximum absolute atomic E-state index is 11.7. The lowest BCUT2D eigenvalue weighted by atomic mass is 9.96. The summed E-state index contributed by atoms with van der Waals surface area (Å²) in [7, 11) is 0. The molecule has 0 amide bonds. The Balaban J connectivity index is 2.82. The van der Waals surface area contributed by atoms with Crippen molar-refractivity contribution in [1.29, 1.82) is 0 Å². The number of ether oxygens (including phenoxy) is 1. The molecule has 0 aliphatic carbocycles. The summed E-state index contributed by atoms with van der Waals surface area (Å²) in [6, 6.07) is 6.88. The topological polar surface area (TPSA) is 63.6 Å². The quantitative estimate of drug-likeness (QED) is 0.861. The summed E-state index contributed by atoms with van der Waals surface area (Å²) < 4.78 is 6.01. The lowest BCUT2D eigenvalue weighted by Gasteiger charge is -2.21. The minimum absolute atomic E-state index is 0.172.